The third-order valence-electron chi connectivity index (χ3n) is 1.36. The molecule has 7 heteroatoms. The Bertz CT molecular complexity index is 185. The second kappa shape index (κ2) is 11.2. The van der Waals surface area contributed by atoms with Crippen molar-refractivity contribution < 1.29 is 19.4 Å². The maximum Gasteiger partial charge on any atom is 0.402 e. The average molecular weight is 249 g/mol. The van der Waals surface area contributed by atoms with Crippen LogP contribution in [0.2, 0.25) is 0 Å². The quantitative estimate of drug-likeness (QED) is 0.477. The predicted octanol–water partition coefficient (Wildman–Crippen LogP) is -0.240. The maximum atomic E-state index is 9.60. The van der Waals surface area contributed by atoms with Gasteiger partial charge in [-0.2, -0.15) is 0 Å². The standard InChI is InChI=1S/C5H10O2.C4H10N2.CH3NO2/c1-5(2,3)7-4-6;1-2-6-4-3-5-1;2-1(3)4/h4H,1-3H3;5-6H,1-4H2;2H2,(H,3,4). The molecular formula is C10H23N3O4. The molecule has 0 unspecified atom stereocenters. The summed E-state index contributed by atoms with van der Waals surface area (Å²) in [5.41, 5.74) is 3.71. The van der Waals surface area contributed by atoms with Gasteiger partial charge >= 0.3 is 6.09 Å². The summed E-state index contributed by atoms with van der Waals surface area (Å²) in [5.74, 6) is 0. The topological polar surface area (TPSA) is 114 Å². The predicted molar refractivity (Wildman–Crippen MR) is 64.9 cm³/mol. The normalized spacial score (nSPS) is 14.3. The highest BCUT2D eigenvalue weighted by Crippen LogP contribution is 2.02. The first-order valence-corrected chi connectivity index (χ1v) is 5.31. The Morgan fingerprint density at radius 2 is 1.53 bits per heavy atom. The number of hydrogen-bond donors (Lipinski definition) is 4. The third-order valence-corrected chi connectivity index (χ3v) is 1.36. The molecule has 1 amide bonds. The van der Waals surface area contributed by atoms with Crippen LogP contribution in [-0.2, 0) is 9.53 Å². The monoisotopic (exact) mass is 249 g/mol. The van der Waals surface area contributed by atoms with Gasteiger partial charge in [-0.3, -0.25) is 4.79 Å². The van der Waals surface area contributed by atoms with Crippen LogP contribution in [0.4, 0.5) is 4.79 Å². The highest BCUT2D eigenvalue weighted by Gasteiger charge is 2.07. The molecule has 0 atom stereocenters. The summed E-state index contributed by atoms with van der Waals surface area (Å²) >= 11 is 0. The van der Waals surface area contributed by atoms with Gasteiger partial charge in [0.25, 0.3) is 6.47 Å². The molecule has 17 heavy (non-hydrogen) atoms. The Labute approximate surface area is 102 Å². The van der Waals surface area contributed by atoms with Crippen molar-refractivity contribution in [1.82, 2.24) is 10.6 Å². The van der Waals surface area contributed by atoms with Crippen molar-refractivity contribution in [2.45, 2.75) is 26.4 Å². The molecule has 7 nitrogen and oxygen atoms in total. The average Bonchev–Trinajstić information content (AvgIpc) is 2.18. The van der Waals surface area contributed by atoms with Crippen molar-refractivity contribution in [3.63, 3.8) is 0 Å². The molecular weight excluding hydrogens is 226 g/mol. The molecule has 102 valence electrons. The van der Waals surface area contributed by atoms with Gasteiger partial charge in [-0.15, -0.1) is 0 Å². The van der Waals surface area contributed by atoms with E-state index in [2.05, 4.69) is 21.1 Å². The number of carboxylic acid groups (broad SMARTS) is 1. The van der Waals surface area contributed by atoms with Crippen LogP contribution in [0, 0.1) is 0 Å². The van der Waals surface area contributed by atoms with Gasteiger partial charge in [0.1, 0.15) is 5.60 Å². The fraction of sp³-hybridized carbons (Fsp3) is 0.800. The zero-order chi connectivity index (χ0) is 13.7. The molecule has 0 spiro atoms. The zero-order valence-corrected chi connectivity index (χ0v) is 10.7. The lowest BCUT2D eigenvalue weighted by atomic mass is 10.2. The van der Waals surface area contributed by atoms with Crippen LogP contribution >= 0.6 is 0 Å². The number of primary amides is 1. The van der Waals surface area contributed by atoms with Gasteiger partial charge in [0.2, 0.25) is 0 Å². The first-order valence-electron chi connectivity index (χ1n) is 5.31. The van der Waals surface area contributed by atoms with Gasteiger partial charge in [0, 0.05) is 26.2 Å². The van der Waals surface area contributed by atoms with Gasteiger partial charge < -0.3 is 26.2 Å². The van der Waals surface area contributed by atoms with Gasteiger partial charge in [-0.05, 0) is 20.8 Å². The number of ether oxygens (including phenoxy) is 1. The lowest BCUT2D eigenvalue weighted by Crippen LogP contribution is -2.39. The van der Waals surface area contributed by atoms with E-state index in [1.807, 2.05) is 20.8 Å². The fourth-order valence-electron chi connectivity index (χ4n) is 0.748. The number of rotatable bonds is 1. The van der Waals surface area contributed by atoms with E-state index in [0.29, 0.717) is 6.47 Å². The molecule has 1 aliphatic heterocycles. The highest BCUT2D eigenvalue weighted by atomic mass is 16.5. The van der Waals surface area contributed by atoms with Crippen LogP contribution < -0.4 is 16.4 Å². The molecule has 0 bridgehead atoms. The number of amides is 1. The van der Waals surface area contributed by atoms with E-state index in [9.17, 15) is 4.79 Å². The molecule has 0 aliphatic carbocycles. The molecule has 1 fully saturated rings. The molecule has 1 aliphatic rings. The van der Waals surface area contributed by atoms with E-state index in [-0.39, 0.29) is 5.60 Å². The Kier molecular flexibility index (Phi) is 11.8. The summed E-state index contributed by atoms with van der Waals surface area (Å²) in [4.78, 5) is 18.4. The molecule has 0 aromatic carbocycles. The number of piperazine rings is 1. The smallest absolute Gasteiger partial charge is 0.402 e. The van der Waals surface area contributed by atoms with Crippen molar-refractivity contribution in [3.8, 4) is 0 Å². The first-order chi connectivity index (χ1) is 7.79. The summed E-state index contributed by atoms with van der Waals surface area (Å²) in [7, 11) is 0. The summed E-state index contributed by atoms with van der Waals surface area (Å²) in [6.07, 6.45) is -1.33. The third kappa shape index (κ3) is 31.3. The molecule has 0 saturated carbocycles. The fourth-order valence-corrected chi connectivity index (χ4v) is 0.748. The Hall–Kier alpha value is -1.34. The minimum absolute atomic E-state index is 0.318. The number of nitrogens with two attached hydrogens (primary N) is 1. The number of carbonyl (C=O) groups excluding carboxylic acids is 1. The Morgan fingerprint density at radius 1 is 1.24 bits per heavy atom. The lowest BCUT2D eigenvalue weighted by Gasteiger charge is -2.14. The molecule has 1 rings (SSSR count). The molecule has 1 saturated heterocycles. The summed E-state index contributed by atoms with van der Waals surface area (Å²) in [6.45, 7) is 10.5. The highest BCUT2D eigenvalue weighted by molar-refractivity contribution is 5.61. The van der Waals surface area contributed by atoms with Crippen LogP contribution in [0.1, 0.15) is 20.8 Å². The van der Waals surface area contributed by atoms with E-state index < -0.39 is 6.09 Å². The van der Waals surface area contributed by atoms with Gasteiger partial charge in [-0.25, -0.2) is 4.79 Å². The van der Waals surface area contributed by atoms with Gasteiger partial charge in [-0.1, -0.05) is 0 Å². The summed E-state index contributed by atoms with van der Waals surface area (Å²) < 4.78 is 4.55. The van der Waals surface area contributed by atoms with E-state index in [1.54, 1.807) is 0 Å². The van der Waals surface area contributed by atoms with Crippen molar-refractivity contribution in [2.75, 3.05) is 26.2 Å². The second-order valence-electron chi connectivity index (χ2n) is 4.16. The minimum Gasteiger partial charge on any atom is -0.465 e. The van der Waals surface area contributed by atoms with Crippen molar-refractivity contribution >= 4 is 12.6 Å². The molecule has 0 aromatic heterocycles. The van der Waals surface area contributed by atoms with Gasteiger partial charge in [0.05, 0.1) is 0 Å². The molecule has 0 radical (unpaired) electrons. The zero-order valence-electron chi connectivity index (χ0n) is 10.7. The summed E-state index contributed by atoms with van der Waals surface area (Å²) in [6, 6.07) is 0. The Morgan fingerprint density at radius 3 is 1.59 bits per heavy atom. The minimum atomic E-state index is -1.33. The number of hydrogen-bond acceptors (Lipinski definition) is 5. The van der Waals surface area contributed by atoms with Crippen LogP contribution in [0.25, 0.3) is 0 Å². The van der Waals surface area contributed by atoms with Crippen LogP contribution in [-0.4, -0.2) is 49.5 Å². The second-order valence-corrected chi connectivity index (χ2v) is 4.16. The maximum absolute atomic E-state index is 9.60. The van der Waals surface area contributed by atoms with E-state index in [0.717, 1.165) is 26.2 Å². The van der Waals surface area contributed by atoms with Crippen molar-refractivity contribution in [2.24, 2.45) is 5.73 Å². The number of nitrogens with one attached hydrogen (secondary N) is 2. The Balaban J connectivity index is 0. The van der Waals surface area contributed by atoms with Crippen LogP contribution in [0.5, 0.6) is 0 Å². The molecule has 0 aromatic rings. The SMILES string of the molecule is C1CNCCN1.CC(C)(C)OC=O.NC(=O)O. The largest absolute Gasteiger partial charge is 0.465 e. The molecule has 1 heterocycles. The van der Waals surface area contributed by atoms with Gasteiger partial charge in [0.15, 0.2) is 0 Å². The van der Waals surface area contributed by atoms with Crippen LogP contribution in [0.3, 0.4) is 0 Å². The summed E-state index contributed by atoms with van der Waals surface area (Å²) in [5, 5.41) is 13.6. The van der Waals surface area contributed by atoms with E-state index in [4.69, 9.17) is 9.90 Å². The van der Waals surface area contributed by atoms with Crippen molar-refractivity contribution in [1.29, 1.82) is 0 Å². The van der Waals surface area contributed by atoms with E-state index in [1.165, 1.54) is 0 Å². The first kappa shape index (κ1) is 18.0. The van der Waals surface area contributed by atoms with Crippen LogP contribution in [0.15, 0.2) is 0 Å². The lowest BCUT2D eigenvalue weighted by molar-refractivity contribution is -0.138. The van der Waals surface area contributed by atoms with E-state index >= 15 is 0 Å². The number of carbonyl (C=O) groups is 2. The van der Waals surface area contributed by atoms with Crippen molar-refractivity contribution in [3.05, 3.63) is 0 Å². The molecule has 5 N–H and O–H groups in total.